The minimum Gasteiger partial charge on any atom is -0.336 e. The highest BCUT2D eigenvalue weighted by Crippen LogP contribution is 2.21. The van der Waals surface area contributed by atoms with Crippen LogP contribution in [0.1, 0.15) is 28.9 Å². The van der Waals surface area contributed by atoms with Crippen molar-refractivity contribution < 1.29 is 9.18 Å². The molecule has 1 fully saturated rings. The lowest BCUT2D eigenvalue weighted by Gasteiger charge is -2.36. The molecule has 2 heterocycles. The molecule has 0 bridgehead atoms. The summed E-state index contributed by atoms with van der Waals surface area (Å²) in [6.45, 7) is 4.72. The molecule has 1 aromatic carbocycles. The van der Waals surface area contributed by atoms with Crippen LogP contribution in [0.15, 0.2) is 35.2 Å². The first-order valence-corrected chi connectivity index (χ1v) is 10.7. The van der Waals surface area contributed by atoms with Crippen molar-refractivity contribution in [2.75, 3.05) is 46.8 Å². The minimum atomic E-state index is -0.143. The molecule has 152 valence electrons. The molecule has 0 spiro atoms. The number of halogens is 1. The highest BCUT2D eigenvalue weighted by molar-refractivity contribution is 7.07. The Hall–Kier alpha value is -1.83. The number of aromatic nitrogens is 1. The first-order valence-electron chi connectivity index (χ1n) is 9.81. The summed E-state index contributed by atoms with van der Waals surface area (Å²) < 4.78 is 14.0. The summed E-state index contributed by atoms with van der Waals surface area (Å²) in [6, 6.07) is 6.99. The molecule has 1 aliphatic rings. The van der Waals surface area contributed by atoms with E-state index < -0.39 is 0 Å². The van der Waals surface area contributed by atoms with Crippen molar-refractivity contribution in [1.29, 1.82) is 0 Å². The Kier molecular flexibility index (Phi) is 7.53. The van der Waals surface area contributed by atoms with Gasteiger partial charge < -0.3 is 9.80 Å². The number of hydrogen-bond acceptors (Lipinski definition) is 5. The summed E-state index contributed by atoms with van der Waals surface area (Å²) in [5, 5.41) is 1.82. The average molecular weight is 405 g/mol. The van der Waals surface area contributed by atoms with E-state index in [4.69, 9.17) is 0 Å². The van der Waals surface area contributed by atoms with E-state index in [1.807, 2.05) is 36.5 Å². The lowest BCUT2D eigenvalue weighted by Crippen LogP contribution is -2.44. The Morgan fingerprint density at radius 2 is 2.14 bits per heavy atom. The van der Waals surface area contributed by atoms with Gasteiger partial charge in [-0.2, -0.15) is 0 Å². The molecule has 5 nitrogen and oxygen atoms in total. The first-order chi connectivity index (χ1) is 13.5. The van der Waals surface area contributed by atoms with Gasteiger partial charge in [-0.1, -0.05) is 18.2 Å². The summed E-state index contributed by atoms with van der Waals surface area (Å²) in [6.07, 6.45) is 2.17. The lowest BCUT2D eigenvalue weighted by molar-refractivity contribution is 0.0655. The lowest BCUT2D eigenvalue weighted by atomic mass is 9.96. The molecular formula is C21H29FN4OS. The smallest absolute Gasteiger partial charge is 0.273 e. The van der Waals surface area contributed by atoms with Crippen LogP contribution >= 0.6 is 11.3 Å². The zero-order valence-corrected chi connectivity index (χ0v) is 17.5. The monoisotopic (exact) mass is 404 g/mol. The molecule has 0 N–H and O–H groups in total. The first kappa shape index (κ1) is 20.9. The van der Waals surface area contributed by atoms with E-state index in [9.17, 15) is 9.18 Å². The molecule has 1 aliphatic heterocycles. The third-order valence-electron chi connectivity index (χ3n) is 5.19. The van der Waals surface area contributed by atoms with Crippen molar-refractivity contribution in [1.82, 2.24) is 19.7 Å². The van der Waals surface area contributed by atoms with Crippen LogP contribution in [0.2, 0.25) is 0 Å². The van der Waals surface area contributed by atoms with Gasteiger partial charge in [-0.25, -0.2) is 9.37 Å². The van der Waals surface area contributed by atoms with Gasteiger partial charge in [0.15, 0.2) is 0 Å². The minimum absolute atomic E-state index is 0.00864. The molecular weight excluding hydrogens is 375 g/mol. The van der Waals surface area contributed by atoms with Crippen molar-refractivity contribution >= 4 is 17.2 Å². The van der Waals surface area contributed by atoms with Gasteiger partial charge in [-0.15, -0.1) is 11.3 Å². The van der Waals surface area contributed by atoms with E-state index in [0.29, 0.717) is 24.7 Å². The second kappa shape index (κ2) is 10.1. The normalized spacial score (nSPS) is 17.8. The summed E-state index contributed by atoms with van der Waals surface area (Å²) in [5.41, 5.74) is 2.97. The maximum atomic E-state index is 14.0. The summed E-state index contributed by atoms with van der Waals surface area (Å²) in [4.78, 5) is 23.4. The number of hydrogen-bond donors (Lipinski definition) is 0. The van der Waals surface area contributed by atoms with Crippen LogP contribution in [0.4, 0.5) is 4.39 Å². The fourth-order valence-electron chi connectivity index (χ4n) is 3.70. The van der Waals surface area contributed by atoms with Crippen molar-refractivity contribution in [3.63, 3.8) is 0 Å². The second-order valence-corrected chi connectivity index (χ2v) is 8.48. The van der Waals surface area contributed by atoms with Gasteiger partial charge in [-0.3, -0.25) is 9.69 Å². The molecule has 0 saturated carbocycles. The number of rotatable bonds is 8. The van der Waals surface area contributed by atoms with Crippen LogP contribution in [0.3, 0.4) is 0 Å². The Morgan fingerprint density at radius 3 is 2.86 bits per heavy atom. The molecule has 7 heteroatoms. The molecule has 1 amide bonds. The molecule has 2 aromatic rings. The maximum Gasteiger partial charge on any atom is 0.273 e. The number of likely N-dealkylation sites (tertiary alicyclic amines) is 1. The van der Waals surface area contributed by atoms with Crippen LogP contribution in [-0.2, 0) is 6.54 Å². The van der Waals surface area contributed by atoms with Crippen LogP contribution in [0.25, 0.3) is 0 Å². The van der Waals surface area contributed by atoms with Gasteiger partial charge in [0.25, 0.3) is 5.91 Å². The van der Waals surface area contributed by atoms with Gasteiger partial charge in [0.1, 0.15) is 11.5 Å². The predicted octanol–water partition coefficient (Wildman–Crippen LogP) is 3.20. The fraction of sp³-hybridized carbons (Fsp3) is 0.524. The van der Waals surface area contributed by atoms with Gasteiger partial charge in [0.2, 0.25) is 0 Å². The van der Waals surface area contributed by atoms with Crippen LogP contribution in [0.5, 0.6) is 0 Å². The molecule has 3 rings (SSSR count). The van der Waals surface area contributed by atoms with E-state index in [-0.39, 0.29) is 11.7 Å². The maximum absolute atomic E-state index is 14.0. The van der Waals surface area contributed by atoms with Gasteiger partial charge >= 0.3 is 0 Å². The second-order valence-electron chi connectivity index (χ2n) is 7.76. The number of thiazole rings is 1. The van der Waals surface area contributed by atoms with Crippen LogP contribution in [0, 0.1) is 11.7 Å². The standard InChI is InChI=1S/C21H29FN4OS/c1-24(2)10-11-26(21(27)20-15-28-16-23-20)13-17-6-5-9-25(12-17)14-18-7-3-4-8-19(18)22/h3-4,7-8,15-17H,5-6,9-14H2,1-2H3. The van der Waals surface area contributed by atoms with Crippen LogP contribution in [-0.4, -0.2) is 72.4 Å². The average Bonchev–Trinajstić information content (AvgIpc) is 3.21. The third-order valence-corrected chi connectivity index (χ3v) is 5.78. The van der Waals surface area contributed by atoms with Crippen molar-refractivity contribution in [2.24, 2.45) is 5.92 Å². The fourth-order valence-corrected chi connectivity index (χ4v) is 4.23. The number of amides is 1. The topological polar surface area (TPSA) is 39.7 Å². The van der Waals surface area contributed by atoms with E-state index in [1.54, 1.807) is 11.6 Å². The van der Waals surface area contributed by atoms with E-state index in [2.05, 4.69) is 14.8 Å². The van der Waals surface area contributed by atoms with Crippen molar-refractivity contribution in [3.05, 3.63) is 52.2 Å². The molecule has 28 heavy (non-hydrogen) atoms. The quantitative estimate of drug-likeness (QED) is 0.677. The van der Waals surface area contributed by atoms with Crippen molar-refractivity contribution in [3.8, 4) is 0 Å². The van der Waals surface area contributed by atoms with Crippen molar-refractivity contribution in [2.45, 2.75) is 19.4 Å². The Morgan fingerprint density at radius 1 is 1.32 bits per heavy atom. The number of benzene rings is 1. The van der Waals surface area contributed by atoms with Gasteiger partial charge in [0, 0.05) is 43.7 Å². The highest BCUT2D eigenvalue weighted by atomic mass is 32.1. The number of carbonyl (C=O) groups is 1. The van der Waals surface area contributed by atoms with Crippen LogP contribution < -0.4 is 0 Å². The SMILES string of the molecule is CN(C)CCN(CC1CCCN(Cc2ccccc2F)C1)C(=O)c1cscn1. The number of nitrogens with zero attached hydrogens (tertiary/aromatic N) is 4. The molecule has 1 aromatic heterocycles. The molecule has 1 saturated heterocycles. The Labute approximate surface area is 170 Å². The van der Waals surface area contributed by atoms with Gasteiger partial charge in [-0.05, 0) is 45.5 Å². The van der Waals surface area contributed by atoms with E-state index in [0.717, 1.165) is 44.6 Å². The Balaban J connectivity index is 1.62. The number of likely N-dealkylation sites (N-methyl/N-ethyl adjacent to an activating group) is 1. The molecule has 0 radical (unpaired) electrons. The summed E-state index contributed by atoms with van der Waals surface area (Å²) in [7, 11) is 4.03. The third kappa shape index (κ3) is 5.83. The van der Waals surface area contributed by atoms with E-state index >= 15 is 0 Å². The molecule has 0 aliphatic carbocycles. The molecule has 1 atom stereocenters. The highest BCUT2D eigenvalue weighted by Gasteiger charge is 2.26. The predicted molar refractivity (Wildman–Crippen MR) is 111 cm³/mol. The zero-order chi connectivity index (χ0) is 19.9. The largest absolute Gasteiger partial charge is 0.336 e. The number of carbonyl (C=O) groups excluding carboxylic acids is 1. The molecule has 1 unspecified atom stereocenters. The van der Waals surface area contributed by atoms with Gasteiger partial charge in [0.05, 0.1) is 5.51 Å². The summed E-state index contributed by atoms with van der Waals surface area (Å²) >= 11 is 1.45. The number of piperidine rings is 1. The Bertz CT molecular complexity index is 753. The zero-order valence-electron chi connectivity index (χ0n) is 16.7. The summed E-state index contributed by atoms with van der Waals surface area (Å²) in [5.74, 6) is 0.260. The van der Waals surface area contributed by atoms with E-state index in [1.165, 1.54) is 17.4 Å².